The molecular formula is C8H7Cl2NO. The van der Waals surface area contributed by atoms with Crippen LogP contribution in [-0.4, -0.2) is 5.91 Å². The Kier molecular flexibility index (Phi) is 2.95. The topological polar surface area (TPSA) is 29.1 Å². The van der Waals surface area contributed by atoms with E-state index in [-0.39, 0.29) is 5.91 Å². The molecule has 0 aromatic heterocycles. The van der Waals surface area contributed by atoms with E-state index < -0.39 is 0 Å². The molecule has 12 heavy (non-hydrogen) atoms. The highest BCUT2D eigenvalue weighted by Gasteiger charge is 2.05. The number of halogens is 2. The van der Waals surface area contributed by atoms with Crippen molar-refractivity contribution in [2.75, 3.05) is 5.32 Å². The lowest BCUT2D eigenvalue weighted by molar-refractivity contribution is -0.114. The van der Waals surface area contributed by atoms with E-state index in [9.17, 15) is 4.79 Å². The fourth-order valence-corrected chi connectivity index (χ4v) is 1.29. The third-order valence-electron chi connectivity index (χ3n) is 1.26. The molecule has 0 aliphatic heterocycles. The Morgan fingerprint density at radius 2 is 1.83 bits per heavy atom. The monoisotopic (exact) mass is 203 g/mol. The van der Waals surface area contributed by atoms with Crippen molar-refractivity contribution in [3.8, 4) is 0 Å². The van der Waals surface area contributed by atoms with Gasteiger partial charge in [-0.1, -0.05) is 29.3 Å². The second kappa shape index (κ2) is 3.78. The minimum absolute atomic E-state index is 0.190. The number of carbonyl (C=O) groups is 1. The SMILES string of the molecule is CC(=O)Nc1c(Cl)cccc1Cl. The first-order valence-electron chi connectivity index (χ1n) is 3.33. The van der Waals surface area contributed by atoms with E-state index in [0.717, 1.165) is 0 Å². The molecule has 0 aliphatic carbocycles. The summed E-state index contributed by atoms with van der Waals surface area (Å²) in [4.78, 5) is 10.7. The molecule has 4 heteroatoms. The summed E-state index contributed by atoms with van der Waals surface area (Å²) in [5, 5.41) is 3.42. The summed E-state index contributed by atoms with van der Waals surface area (Å²) >= 11 is 11.5. The van der Waals surface area contributed by atoms with Gasteiger partial charge in [-0.15, -0.1) is 0 Å². The first-order valence-corrected chi connectivity index (χ1v) is 4.08. The summed E-state index contributed by atoms with van der Waals surface area (Å²) in [5.74, 6) is -0.190. The molecule has 1 rings (SSSR count). The Balaban J connectivity index is 3.04. The summed E-state index contributed by atoms with van der Waals surface area (Å²) in [6.07, 6.45) is 0. The third kappa shape index (κ3) is 2.13. The molecular weight excluding hydrogens is 197 g/mol. The van der Waals surface area contributed by atoms with Crippen molar-refractivity contribution in [3.63, 3.8) is 0 Å². The molecule has 0 unspecified atom stereocenters. The Labute approximate surface area is 80.5 Å². The molecule has 0 bridgehead atoms. The van der Waals surface area contributed by atoms with Crippen molar-refractivity contribution in [2.45, 2.75) is 6.92 Å². The van der Waals surface area contributed by atoms with Gasteiger partial charge >= 0.3 is 0 Å². The van der Waals surface area contributed by atoms with Gasteiger partial charge in [-0.2, -0.15) is 0 Å². The van der Waals surface area contributed by atoms with Crippen LogP contribution in [0.3, 0.4) is 0 Å². The summed E-state index contributed by atoms with van der Waals surface area (Å²) in [7, 11) is 0. The van der Waals surface area contributed by atoms with Crippen molar-refractivity contribution < 1.29 is 4.79 Å². The molecule has 2 nitrogen and oxygen atoms in total. The fourth-order valence-electron chi connectivity index (χ4n) is 0.793. The van der Waals surface area contributed by atoms with E-state index in [1.807, 2.05) is 0 Å². The van der Waals surface area contributed by atoms with Crippen molar-refractivity contribution in [3.05, 3.63) is 28.2 Å². The zero-order valence-corrected chi connectivity index (χ0v) is 7.91. The van der Waals surface area contributed by atoms with Crippen LogP contribution in [0.15, 0.2) is 18.2 Å². The molecule has 1 aromatic carbocycles. The van der Waals surface area contributed by atoms with Crippen LogP contribution in [0, 0.1) is 0 Å². The quantitative estimate of drug-likeness (QED) is 0.748. The van der Waals surface area contributed by atoms with Gasteiger partial charge in [0.15, 0.2) is 0 Å². The zero-order chi connectivity index (χ0) is 9.14. The van der Waals surface area contributed by atoms with E-state index in [4.69, 9.17) is 23.2 Å². The van der Waals surface area contributed by atoms with Gasteiger partial charge in [0.1, 0.15) is 0 Å². The second-order valence-electron chi connectivity index (χ2n) is 2.28. The van der Waals surface area contributed by atoms with Gasteiger partial charge in [0, 0.05) is 6.92 Å². The normalized spacial score (nSPS) is 9.58. The standard InChI is InChI=1S/C8H7Cl2NO/c1-5(12)11-8-6(9)3-2-4-7(8)10/h2-4H,1H3,(H,11,12). The van der Waals surface area contributed by atoms with Crippen LogP contribution in [0.4, 0.5) is 5.69 Å². The van der Waals surface area contributed by atoms with Gasteiger partial charge in [-0.05, 0) is 12.1 Å². The van der Waals surface area contributed by atoms with Crippen molar-refractivity contribution in [1.82, 2.24) is 0 Å². The maximum atomic E-state index is 10.7. The smallest absolute Gasteiger partial charge is 0.221 e. The number of hydrogen-bond donors (Lipinski definition) is 1. The van der Waals surface area contributed by atoms with Crippen molar-refractivity contribution in [2.24, 2.45) is 0 Å². The first kappa shape index (κ1) is 9.36. The number of carbonyl (C=O) groups excluding carboxylic acids is 1. The number of benzene rings is 1. The molecule has 1 amide bonds. The number of nitrogens with one attached hydrogen (secondary N) is 1. The highest BCUT2D eigenvalue weighted by molar-refractivity contribution is 6.39. The molecule has 0 saturated heterocycles. The average molecular weight is 204 g/mol. The zero-order valence-electron chi connectivity index (χ0n) is 6.40. The predicted octanol–water partition coefficient (Wildman–Crippen LogP) is 2.95. The summed E-state index contributed by atoms with van der Waals surface area (Å²) in [5.41, 5.74) is 0.466. The Morgan fingerprint density at radius 1 is 1.33 bits per heavy atom. The third-order valence-corrected chi connectivity index (χ3v) is 1.89. The summed E-state index contributed by atoms with van der Waals surface area (Å²) in [6, 6.07) is 5.05. The fraction of sp³-hybridized carbons (Fsp3) is 0.125. The van der Waals surface area contributed by atoms with Crippen molar-refractivity contribution >= 4 is 34.8 Å². The van der Waals surface area contributed by atoms with Gasteiger partial charge in [-0.3, -0.25) is 4.79 Å². The molecule has 0 aliphatic rings. The highest BCUT2D eigenvalue weighted by Crippen LogP contribution is 2.29. The van der Waals surface area contributed by atoms with Crippen LogP contribution in [-0.2, 0) is 4.79 Å². The number of para-hydroxylation sites is 1. The largest absolute Gasteiger partial charge is 0.324 e. The lowest BCUT2D eigenvalue weighted by atomic mass is 10.3. The lowest BCUT2D eigenvalue weighted by Gasteiger charge is -2.05. The van der Waals surface area contributed by atoms with Gasteiger partial charge < -0.3 is 5.32 Å². The number of hydrogen-bond acceptors (Lipinski definition) is 1. The molecule has 0 radical (unpaired) electrons. The summed E-state index contributed by atoms with van der Waals surface area (Å²) < 4.78 is 0. The van der Waals surface area contributed by atoms with E-state index in [0.29, 0.717) is 15.7 Å². The Morgan fingerprint density at radius 3 is 2.25 bits per heavy atom. The van der Waals surface area contributed by atoms with Crippen LogP contribution >= 0.6 is 23.2 Å². The molecule has 0 saturated carbocycles. The number of amides is 1. The van der Waals surface area contributed by atoms with Crippen molar-refractivity contribution in [1.29, 1.82) is 0 Å². The number of rotatable bonds is 1. The van der Waals surface area contributed by atoms with Crippen LogP contribution in [0.2, 0.25) is 10.0 Å². The van der Waals surface area contributed by atoms with Crippen LogP contribution in [0.25, 0.3) is 0 Å². The van der Waals surface area contributed by atoms with Gasteiger partial charge in [0.2, 0.25) is 5.91 Å². The Hall–Kier alpha value is -0.730. The van der Waals surface area contributed by atoms with Crippen LogP contribution in [0.1, 0.15) is 6.92 Å². The minimum Gasteiger partial charge on any atom is -0.324 e. The maximum Gasteiger partial charge on any atom is 0.221 e. The Bertz CT molecular complexity index is 292. The number of anilines is 1. The molecule has 0 atom stereocenters. The molecule has 0 heterocycles. The van der Waals surface area contributed by atoms with E-state index >= 15 is 0 Å². The average Bonchev–Trinajstić information content (AvgIpc) is 1.97. The van der Waals surface area contributed by atoms with E-state index in [1.54, 1.807) is 18.2 Å². The van der Waals surface area contributed by atoms with Gasteiger partial charge in [0.05, 0.1) is 15.7 Å². The van der Waals surface area contributed by atoms with E-state index in [2.05, 4.69) is 5.32 Å². The summed E-state index contributed by atoms with van der Waals surface area (Å²) in [6.45, 7) is 1.40. The van der Waals surface area contributed by atoms with E-state index in [1.165, 1.54) is 6.92 Å². The molecule has 64 valence electrons. The molecule has 0 fully saturated rings. The van der Waals surface area contributed by atoms with Crippen LogP contribution < -0.4 is 5.32 Å². The first-order chi connectivity index (χ1) is 5.61. The highest BCUT2D eigenvalue weighted by atomic mass is 35.5. The predicted molar refractivity (Wildman–Crippen MR) is 50.8 cm³/mol. The second-order valence-corrected chi connectivity index (χ2v) is 3.09. The van der Waals surface area contributed by atoms with Gasteiger partial charge in [-0.25, -0.2) is 0 Å². The van der Waals surface area contributed by atoms with Crippen LogP contribution in [0.5, 0.6) is 0 Å². The van der Waals surface area contributed by atoms with Gasteiger partial charge in [0.25, 0.3) is 0 Å². The molecule has 1 aromatic rings. The maximum absolute atomic E-state index is 10.7. The lowest BCUT2D eigenvalue weighted by Crippen LogP contribution is -2.06. The minimum atomic E-state index is -0.190. The molecule has 0 spiro atoms. The molecule has 1 N–H and O–H groups in total.